The molecule has 0 amide bonds. The Morgan fingerprint density at radius 1 is 0.882 bits per heavy atom. The third kappa shape index (κ3) is 5.78. The van der Waals surface area contributed by atoms with Crippen LogP contribution in [0.2, 0.25) is 0 Å². The monoisotopic (exact) mass is 478 g/mol. The Morgan fingerprint density at radius 3 is 2.18 bits per heavy atom. The molecule has 6 nitrogen and oxygen atoms in total. The fourth-order valence-electron chi connectivity index (χ4n) is 4.44. The Kier molecular flexibility index (Phi) is 7.56. The molecule has 0 saturated carbocycles. The molecule has 1 unspecified atom stereocenters. The Bertz CT molecular complexity index is 1170. The van der Waals surface area contributed by atoms with Crippen molar-refractivity contribution >= 4 is 21.4 Å². The molecule has 0 spiro atoms. The number of anilines is 2. The van der Waals surface area contributed by atoms with Crippen molar-refractivity contribution in [3.8, 4) is 0 Å². The summed E-state index contributed by atoms with van der Waals surface area (Å²) < 4.78 is 29.0. The average Bonchev–Trinajstić information content (AvgIpc) is 2.85. The summed E-state index contributed by atoms with van der Waals surface area (Å²) in [6.45, 7) is 5.76. The molecular weight excluding hydrogens is 444 g/mol. The molecule has 4 rings (SSSR count). The average molecular weight is 479 g/mol. The van der Waals surface area contributed by atoms with E-state index < -0.39 is 10.0 Å². The van der Waals surface area contributed by atoms with Crippen LogP contribution in [0.4, 0.5) is 11.4 Å². The van der Waals surface area contributed by atoms with Gasteiger partial charge in [0.1, 0.15) is 0 Å². The van der Waals surface area contributed by atoms with Gasteiger partial charge in [0, 0.05) is 64.2 Å². The summed E-state index contributed by atoms with van der Waals surface area (Å²) >= 11 is 0. The number of benzene rings is 3. The highest BCUT2D eigenvalue weighted by molar-refractivity contribution is 7.89. The van der Waals surface area contributed by atoms with Gasteiger partial charge in [0.2, 0.25) is 10.0 Å². The largest absolute Gasteiger partial charge is 0.378 e. The van der Waals surface area contributed by atoms with Crippen LogP contribution < -0.4 is 14.5 Å². The van der Waals surface area contributed by atoms with Crippen LogP contribution in [0, 0.1) is 6.92 Å². The van der Waals surface area contributed by atoms with Gasteiger partial charge in [-0.25, -0.2) is 13.1 Å². The van der Waals surface area contributed by atoms with Crippen LogP contribution in [0.5, 0.6) is 0 Å². The highest BCUT2D eigenvalue weighted by Gasteiger charge is 2.27. The lowest BCUT2D eigenvalue weighted by atomic mass is 10.0. The van der Waals surface area contributed by atoms with Gasteiger partial charge in [-0.2, -0.15) is 0 Å². The number of nitrogens with one attached hydrogen (secondary N) is 1. The predicted molar refractivity (Wildman–Crippen MR) is 140 cm³/mol. The maximum absolute atomic E-state index is 13.0. The fraction of sp³-hybridized carbons (Fsp3) is 0.333. The zero-order valence-corrected chi connectivity index (χ0v) is 21.0. The van der Waals surface area contributed by atoms with E-state index in [1.54, 1.807) is 18.2 Å². The quantitative estimate of drug-likeness (QED) is 0.532. The third-order valence-corrected chi connectivity index (χ3v) is 7.86. The molecule has 180 valence electrons. The number of rotatable bonds is 8. The molecule has 7 heteroatoms. The Morgan fingerprint density at radius 2 is 1.56 bits per heavy atom. The van der Waals surface area contributed by atoms with Gasteiger partial charge in [0.25, 0.3) is 0 Å². The van der Waals surface area contributed by atoms with Crippen LogP contribution in [-0.2, 0) is 10.0 Å². The summed E-state index contributed by atoms with van der Waals surface area (Å²) in [5.74, 6) is 0. The number of para-hydroxylation sites is 1. The lowest BCUT2D eigenvalue weighted by molar-refractivity contribution is 0.187. The van der Waals surface area contributed by atoms with E-state index >= 15 is 0 Å². The second kappa shape index (κ2) is 10.6. The molecule has 3 aromatic carbocycles. The SMILES string of the molecule is Cc1cccc(S(=O)(=O)NCC(c2ccc(N(C)C)cc2)N2CCN(c3ccccc3)CC2)c1. The van der Waals surface area contributed by atoms with Crippen molar-refractivity contribution < 1.29 is 8.42 Å². The molecule has 1 fully saturated rings. The highest BCUT2D eigenvalue weighted by atomic mass is 32.2. The Balaban J connectivity index is 1.52. The van der Waals surface area contributed by atoms with E-state index in [-0.39, 0.29) is 6.04 Å². The first kappa shape index (κ1) is 24.3. The first-order chi connectivity index (χ1) is 16.3. The minimum atomic E-state index is -3.60. The van der Waals surface area contributed by atoms with Gasteiger partial charge in [0.15, 0.2) is 0 Å². The van der Waals surface area contributed by atoms with Gasteiger partial charge in [-0.3, -0.25) is 4.90 Å². The van der Waals surface area contributed by atoms with E-state index in [1.165, 1.54) is 5.69 Å². The third-order valence-electron chi connectivity index (χ3n) is 6.44. The molecule has 0 aliphatic carbocycles. The second-order valence-corrected chi connectivity index (χ2v) is 10.8. The molecule has 3 aromatic rings. The van der Waals surface area contributed by atoms with Crippen LogP contribution in [-0.4, -0.2) is 60.1 Å². The van der Waals surface area contributed by atoms with E-state index in [9.17, 15) is 8.42 Å². The molecule has 1 aliphatic rings. The molecule has 1 aliphatic heterocycles. The Hall–Kier alpha value is -2.87. The van der Waals surface area contributed by atoms with E-state index in [2.05, 4.69) is 68.0 Å². The van der Waals surface area contributed by atoms with Crippen LogP contribution in [0.25, 0.3) is 0 Å². The van der Waals surface area contributed by atoms with Crippen molar-refractivity contribution in [1.29, 1.82) is 0 Å². The number of hydrogen-bond donors (Lipinski definition) is 1. The summed E-state index contributed by atoms with van der Waals surface area (Å²) in [5.41, 5.74) is 4.40. The topological polar surface area (TPSA) is 55.9 Å². The zero-order chi connectivity index (χ0) is 24.1. The van der Waals surface area contributed by atoms with Gasteiger partial charge in [-0.15, -0.1) is 0 Å². The second-order valence-electron chi connectivity index (χ2n) is 9.03. The van der Waals surface area contributed by atoms with Crippen molar-refractivity contribution in [3.05, 3.63) is 90.0 Å². The lowest BCUT2D eigenvalue weighted by Gasteiger charge is -2.40. The van der Waals surface area contributed by atoms with Gasteiger partial charge in [-0.05, 0) is 54.4 Å². The summed E-state index contributed by atoms with van der Waals surface area (Å²) in [7, 11) is 0.443. The number of nitrogens with zero attached hydrogens (tertiary/aromatic N) is 3. The van der Waals surface area contributed by atoms with Crippen LogP contribution >= 0.6 is 0 Å². The van der Waals surface area contributed by atoms with E-state index in [4.69, 9.17) is 0 Å². The predicted octanol–water partition coefficient (Wildman–Crippen LogP) is 3.90. The van der Waals surface area contributed by atoms with E-state index in [1.807, 2.05) is 33.2 Å². The summed E-state index contributed by atoms with van der Waals surface area (Å²) in [5, 5.41) is 0. The smallest absolute Gasteiger partial charge is 0.240 e. The van der Waals surface area contributed by atoms with Gasteiger partial charge in [-0.1, -0.05) is 42.5 Å². The molecule has 1 heterocycles. The summed E-state index contributed by atoms with van der Waals surface area (Å²) in [6.07, 6.45) is 0. The van der Waals surface area contributed by atoms with Crippen molar-refractivity contribution in [3.63, 3.8) is 0 Å². The summed E-state index contributed by atoms with van der Waals surface area (Å²) in [4.78, 5) is 7.16. The first-order valence-electron chi connectivity index (χ1n) is 11.7. The maximum atomic E-state index is 13.0. The van der Waals surface area contributed by atoms with Crippen LogP contribution in [0.3, 0.4) is 0 Å². The fourth-order valence-corrected chi connectivity index (χ4v) is 5.58. The van der Waals surface area contributed by atoms with Crippen molar-refractivity contribution in [2.75, 3.05) is 56.6 Å². The molecule has 1 N–H and O–H groups in total. The van der Waals surface area contributed by atoms with E-state index in [0.717, 1.165) is 43.0 Å². The molecule has 0 bridgehead atoms. The van der Waals surface area contributed by atoms with Crippen molar-refractivity contribution in [1.82, 2.24) is 9.62 Å². The lowest BCUT2D eigenvalue weighted by Crippen LogP contribution is -2.49. The molecule has 0 aromatic heterocycles. The molecule has 34 heavy (non-hydrogen) atoms. The molecule has 1 saturated heterocycles. The van der Waals surface area contributed by atoms with Gasteiger partial charge in [0.05, 0.1) is 4.90 Å². The van der Waals surface area contributed by atoms with E-state index in [0.29, 0.717) is 11.4 Å². The first-order valence-corrected chi connectivity index (χ1v) is 13.2. The maximum Gasteiger partial charge on any atom is 0.240 e. The number of aryl methyl sites for hydroxylation is 1. The van der Waals surface area contributed by atoms with Gasteiger partial charge < -0.3 is 9.80 Å². The minimum absolute atomic E-state index is 0.0475. The Labute approximate surface area is 203 Å². The number of piperazine rings is 1. The van der Waals surface area contributed by atoms with Gasteiger partial charge >= 0.3 is 0 Å². The zero-order valence-electron chi connectivity index (χ0n) is 20.2. The number of sulfonamides is 1. The number of hydrogen-bond acceptors (Lipinski definition) is 5. The normalized spacial score (nSPS) is 15.8. The minimum Gasteiger partial charge on any atom is -0.378 e. The molecule has 1 atom stereocenters. The van der Waals surface area contributed by atoms with Crippen molar-refractivity contribution in [2.24, 2.45) is 0 Å². The van der Waals surface area contributed by atoms with Crippen LogP contribution in [0.1, 0.15) is 17.2 Å². The van der Waals surface area contributed by atoms with Crippen LogP contribution in [0.15, 0.2) is 83.8 Å². The molecule has 0 radical (unpaired) electrons. The molecular formula is C27H34N4O2S. The highest BCUT2D eigenvalue weighted by Crippen LogP contribution is 2.26. The summed E-state index contributed by atoms with van der Waals surface area (Å²) in [6, 6.07) is 25.9. The standard InChI is InChI=1S/C27H34N4O2S/c1-22-8-7-11-26(20-22)34(32,33)28-21-27(23-12-14-24(15-13-23)29(2)3)31-18-16-30(17-19-31)25-9-5-4-6-10-25/h4-15,20,27-28H,16-19,21H2,1-3H3. The van der Waals surface area contributed by atoms with Crippen molar-refractivity contribution in [2.45, 2.75) is 17.9 Å².